The molecule has 0 spiro atoms. The van der Waals surface area contributed by atoms with Crippen LogP contribution in [-0.4, -0.2) is 21.0 Å². The maximum absolute atomic E-state index is 11.4. The molecule has 5 nitrogen and oxygen atoms in total. The smallest absolute Gasteiger partial charge is 0.339 e. The maximum atomic E-state index is 11.4. The van der Waals surface area contributed by atoms with E-state index < -0.39 is 5.97 Å². The third-order valence-electron chi connectivity index (χ3n) is 3.03. The van der Waals surface area contributed by atoms with Gasteiger partial charge in [0.2, 0.25) is 0 Å². The Kier molecular flexibility index (Phi) is 3.53. The van der Waals surface area contributed by atoms with Crippen molar-refractivity contribution in [3.05, 3.63) is 52.0 Å². The van der Waals surface area contributed by atoms with Gasteiger partial charge in [-0.1, -0.05) is 18.2 Å². The molecular formula is C15H13N3O2S. The predicted molar refractivity (Wildman–Crippen MR) is 82.9 cm³/mol. The van der Waals surface area contributed by atoms with Crippen LogP contribution in [0.4, 0.5) is 5.82 Å². The molecular weight excluding hydrogens is 286 g/mol. The Bertz CT molecular complexity index is 814. The molecule has 0 aliphatic rings. The molecule has 1 aromatic carbocycles. The van der Waals surface area contributed by atoms with Gasteiger partial charge in [-0.05, 0) is 19.1 Å². The number of nitrogens with zero attached hydrogens (tertiary/aromatic N) is 2. The summed E-state index contributed by atoms with van der Waals surface area (Å²) in [7, 11) is 0. The molecule has 0 saturated heterocycles. The van der Waals surface area contributed by atoms with Crippen LogP contribution >= 0.6 is 11.3 Å². The van der Waals surface area contributed by atoms with Crippen molar-refractivity contribution in [1.29, 1.82) is 0 Å². The number of carboxylic acids is 1. The summed E-state index contributed by atoms with van der Waals surface area (Å²) in [5, 5.41) is 14.1. The molecule has 3 aromatic rings. The van der Waals surface area contributed by atoms with Crippen LogP contribution in [0, 0.1) is 6.92 Å². The molecule has 0 aliphatic carbocycles. The van der Waals surface area contributed by atoms with Crippen LogP contribution < -0.4 is 5.32 Å². The second kappa shape index (κ2) is 5.49. The number of anilines is 1. The zero-order chi connectivity index (χ0) is 14.8. The van der Waals surface area contributed by atoms with Crippen molar-refractivity contribution in [2.45, 2.75) is 13.5 Å². The molecule has 0 amide bonds. The lowest BCUT2D eigenvalue weighted by molar-refractivity contribution is 0.0697. The summed E-state index contributed by atoms with van der Waals surface area (Å²) in [6.45, 7) is 2.45. The van der Waals surface area contributed by atoms with Crippen molar-refractivity contribution in [1.82, 2.24) is 9.97 Å². The van der Waals surface area contributed by atoms with Gasteiger partial charge in [0.05, 0.1) is 12.1 Å². The highest BCUT2D eigenvalue weighted by Gasteiger charge is 2.13. The summed E-state index contributed by atoms with van der Waals surface area (Å²) in [6.07, 6.45) is 1.80. The van der Waals surface area contributed by atoms with Crippen molar-refractivity contribution in [2.75, 3.05) is 5.32 Å². The summed E-state index contributed by atoms with van der Waals surface area (Å²) in [5.41, 5.74) is 0.933. The van der Waals surface area contributed by atoms with E-state index in [1.165, 1.54) is 0 Å². The number of carboxylic acid groups (broad SMARTS) is 1. The van der Waals surface area contributed by atoms with E-state index >= 15 is 0 Å². The number of thiazole rings is 1. The zero-order valence-electron chi connectivity index (χ0n) is 11.3. The number of aromatic carboxylic acids is 1. The number of aryl methyl sites for hydroxylation is 1. The van der Waals surface area contributed by atoms with Gasteiger partial charge in [0.1, 0.15) is 16.4 Å². The quantitative estimate of drug-likeness (QED) is 0.773. The second-order valence-corrected chi connectivity index (χ2v) is 5.92. The Labute approximate surface area is 125 Å². The van der Waals surface area contributed by atoms with Gasteiger partial charge < -0.3 is 10.4 Å². The number of pyridine rings is 1. The highest BCUT2D eigenvalue weighted by atomic mass is 32.1. The van der Waals surface area contributed by atoms with Crippen LogP contribution in [0.3, 0.4) is 0 Å². The molecule has 0 aliphatic heterocycles. The largest absolute Gasteiger partial charge is 0.478 e. The van der Waals surface area contributed by atoms with E-state index in [1.807, 2.05) is 31.2 Å². The molecule has 2 aromatic heterocycles. The van der Waals surface area contributed by atoms with E-state index in [9.17, 15) is 9.90 Å². The number of hydrogen-bond donors (Lipinski definition) is 2. The number of benzene rings is 1. The predicted octanol–water partition coefficient (Wildman–Crippen LogP) is 3.31. The SMILES string of the molecule is Cc1cnc(CNc2nc3ccccc3cc2C(=O)O)s1. The van der Waals surface area contributed by atoms with Crippen molar-refractivity contribution in [3.63, 3.8) is 0 Å². The van der Waals surface area contributed by atoms with E-state index in [0.717, 1.165) is 20.8 Å². The molecule has 6 heteroatoms. The first-order valence-electron chi connectivity index (χ1n) is 6.42. The lowest BCUT2D eigenvalue weighted by atomic mass is 10.1. The monoisotopic (exact) mass is 299 g/mol. The molecule has 0 fully saturated rings. The lowest BCUT2D eigenvalue weighted by Crippen LogP contribution is -2.08. The first-order chi connectivity index (χ1) is 10.1. The zero-order valence-corrected chi connectivity index (χ0v) is 12.1. The van der Waals surface area contributed by atoms with E-state index in [4.69, 9.17) is 0 Å². The first-order valence-corrected chi connectivity index (χ1v) is 7.23. The number of para-hydroxylation sites is 1. The standard InChI is InChI=1S/C15H13N3O2S/c1-9-7-16-13(21-9)8-17-14-11(15(19)20)6-10-4-2-3-5-12(10)18-14/h2-7H,8H2,1H3,(H,17,18)(H,19,20). The van der Waals surface area contributed by atoms with Crippen molar-refractivity contribution >= 4 is 34.0 Å². The number of hydrogen-bond acceptors (Lipinski definition) is 5. The van der Waals surface area contributed by atoms with Crippen LogP contribution in [0.2, 0.25) is 0 Å². The molecule has 2 heterocycles. The number of aromatic nitrogens is 2. The average Bonchev–Trinajstić information content (AvgIpc) is 2.89. The Morgan fingerprint density at radius 3 is 2.90 bits per heavy atom. The summed E-state index contributed by atoms with van der Waals surface area (Å²) in [4.78, 5) is 21.2. The van der Waals surface area contributed by atoms with Gasteiger partial charge in [-0.25, -0.2) is 14.8 Å². The number of nitrogens with one attached hydrogen (secondary N) is 1. The Morgan fingerprint density at radius 2 is 2.19 bits per heavy atom. The van der Waals surface area contributed by atoms with Gasteiger partial charge in [-0.3, -0.25) is 0 Å². The number of rotatable bonds is 4. The molecule has 0 radical (unpaired) electrons. The van der Waals surface area contributed by atoms with Gasteiger partial charge in [0, 0.05) is 16.5 Å². The van der Waals surface area contributed by atoms with Crippen LogP contribution in [0.25, 0.3) is 10.9 Å². The molecule has 106 valence electrons. The van der Waals surface area contributed by atoms with Crippen molar-refractivity contribution in [3.8, 4) is 0 Å². The number of carbonyl (C=O) groups is 1. The third kappa shape index (κ3) is 2.85. The second-order valence-electron chi connectivity index (χ2n) is 4.60. The normalized spacial score (nSPS) is 10.7. The molecule has 2 N–H and O–H groups in total. The minimum Gasteiger partial charge on any atom is -0.478 e. The highest BCUT2D eigenvalue weighted by molar-refractivity contribution is 7.11. The first kappa shape index (κ1) is 13.5. The Balaban J connectivity index is 1.95. The third-order valence-corrected chi connectivity index (χ3v) is 3.94. The Morgan fingerprint density at radius 1 is 1.38 bits per heavy atom. The van der Waals surface area contributed by atoms with Crippen molar-refractivity contribution in [2.24, 2.45) is 0 Å². The summed E-state index contributed by atoms with van der Waals surface area (Å²) in [5.74, 6) is -0.625. The van der Waals surface area contributed by atoms with Crippen LogP contribution in [-0.2, 0) is 6.54 Å². The molecule has 21 heavy (non-hydrogen) atoms. The fraction of sp³-hybridized carbons (Fsp3) is 0.133. The summed E-state index contributed by atoms with van der Waals surface area (Å²) < 4.78 is 0. The maximum Gasteiger partial charge on any atom is 0.339 e. The van der Waals surface area contributed by atoms with Gasteiger partial charge in [0.15, 0.2) is 0 Å². The minimum absolute atomic E-state index is 0.168. The van der Waals surface area contributed by atoms with Crippen molar-refractivity contribution < 1.29 is 9.90 Å². The minimum atomic E-state index is -0.994. The van der Waals surface area contributed by atoms with Gasteiger partial charge in [-0.2, -0.15) is 0 Å². The van der Waals surface area contributed by atoms with Gasteiger partial charge in [0.25, 0.3) is 0 Å². The number of fused-ring (bicyclic) bond motifs is 1. The van der Waals surface area contributed by atoms with Crippen LogP contribution in [0.15, 0.2) is 36.5 Å². The fourth-order valence-electron chi connectivity index (χ4n) is 2.06. The molecule has 3 rings (SSSR count). The van der Waals surface area contributed by atoms with E-state index in [-0.39, 0.29) is 5.56 Å². The van der Waals surface area contributed by atoms with Gasteiger partial charge >= 0.3 is 5.97 Å². The Hall–Kier alpha value is -2.47. The molecule has 0 atom stereocenters. The van der Waals surface area contributed by atoms with E-state index in [1.54, 1.807) is 23.6 Å². The lowest BCUT2D eigenvalue weighted by Gasteiger charge is -2.09. The summed E-state index contributed by atoms with van der Waals surface area (Å²) in [6, 6.07) is 9.09. The van der Waals surface area contributed by atoms with Crippen LogP contribution in [0.1, 0.15) is 20.2 Å². The molecule has 0 bridgehead atoms. The van der Waals surface area contributed by atoms with Crippen LogP contribution in [0.5, 0.6) is 0 Å². The van der Waals surface area contributed by atoms with E-state index in [0.29, 0.717) is 12.4 Å². The average molecular weight is 299 g/mol. The van der Waals surface area contributed by atoms with E-state index in [2.05, 4.69) is 15.3 Å². The molecule has 0 saturated carbocycles. The topological polar surface area (TPSA) is 75.1 Å². The highest BCUT2D eigenvalue weighted by Crippen LogP contribution is 2.21. The fourth-order valence-corrected chi connectivity index (χ4v) is 2.78. The molecule has 0 unspecified atom stereocenters. The van der Waals surface area contributed by atoms with Gasteiger partial charge in [-0.15, -0.1) is 11.3 Å². The summed E-state index contributed by atoms with van der Waals surface area (Å²) >= 11 is 1.58.